The lowest BCUT2D eigenvalue weighted by Crippen LogP contribution is -2.40. The Kier molecular flexibility index (Phi) is 4.37. The second-order valence-corrected chi connectivity index (χ2v) is 4.74. The number of ketones is 1. The highest BCUT2D eigenvalue weighted by Crippen LogP contribution is 2.25. The van der Waals surface area contributed by atoms with Gasteiger partial charge in [0, 0.05) is 30.9 Å². The molecule has 1 unspecified atom stereocenters. The third-order valence-corrected chi connectivity index (χ3v) is 3.40. The topological polar surface area (TPSA) is 29.5 Å². The van der Waals surface area contributed by atoms with Gasteiger partial charge < -0.3 is 9.64 Å². The maximum Gasteiger partial charge on any atom is 0.161 e. The monoisotopic (exact) mass is 247 g/mol. The lowest BCUT2D eigenvalue weighted by molar-refractivity contribution is 0.0526. The van der Waals surface area contributed by atoms with E-state index in [0.717, 1.165) is 43.8 Å². The van der Waals surface area contributed by atoms with Gasteiger partial charge in [-0.25, -0.2) is 0 Å². The lowest BCUT2D eigenvalue weighted by Gasteiger charge is -2.35. The zero-order valence-electron chi connectivity index (χ0n) is 11.2. The number of hydrogen-bond acceptors (Lipinski definition) is 3. The van der Waals surface area contributed by atoms with Gasteiger partial charge in [0.05, 0.1) is 6.10 Å². The molecule has 1 aromatic rings. The predicted octanol–water partition coefficient (Wildman–Crippen LogP) is 2.89. The van der Waals surface area contributed by atoms with Crippen molar-refractivity contribution in [3.63, 3.8) is 0 Å². The Balaban J connectivity index is 2.18. The Morgan fingerprint density at radius 2 is 2.22 bits per heavy atom. The molecule has 98 valence electrons. The van der Waals surface area contributed by atoms with E-state index in [9.17, 15) is 4.79 Å². The Hall–Kier alpha value is -1.35. The molecule has 1 atom stereocenters. The van der Waals surface area contributed by atoms with Gasteiger partial charge in [0.25, 0.3) is 0 Å². The number of para-hydroxylation sites is 1. The van der Waals surface area contributed by atoms with Gasteiger partial charge in [-0.1, -0.05) is 12.1 Å². The first kappa shape index (κ1) is 13.1. The Morgan fingerprint density at radius 3 is 2.94 bits per heavy atom. The smallest absolute Gasteiger partial charge is 0.161 e. The van der Waals surface area contributed by atoms with E-state index in [-0.39, 0.29) is 5.78 Å². The SMILES string of the molecule is CCOC1CCCN(c2ccccc2C(C)=O)C1. The maximum absolute atomic E-state index is 11.7. The van der Waals surface area contributed by atoms with Crippen LogP contribution in [0.4, 0.5) is 5.69 Å². The lowest BCUT2D eigenvalue weighted by atomic mass is 10.0. The standard InChI is InChI=1S/C15H21NO2/c1-3-18-13-7-6-10-16(11-13)15-9-5-4-8-14(15)12(2)17/h4-5,8-9,13H,3,6-7,10-11H2,1-2H3. The van der Waals surface area contributed by atoms with Crippen LogP contribution in [0.1, 0.15) is 37.0 Å². The molecule has 2 rings (SSSR count). The fourth-order valence-corrected chi connectivity index (χ4v) is 2.58. The summed E-state index contributed by atoms with van der Waals surface area (Å²) in [5.41, 5.74) is 1.86. The minimum absolute atomic E-state index is 0.129. The van der Waals surface area contributed by atoms with Crippen LogP contribution in [0.25, 0.3) is 0 Å². The van der Waals surface area contributed by atoms with Crippen LogP contribution in [0.2, 0.25) is 0 Å². The third-order valence-electron chi connectivity index (χ3n) is 3.40. The Labute approximate surface area is 109 Å². The average Bonchev–Trinajstić information content (AvgIpc) is 2.39. The van der Waals surface area contributed by atoms with E-state index < -0.39 is 0 Å². The fourth-order valence-electron chi connectivity index (χ4n) is 2.58. The normalized spacial score (nSPS) is 19.9. The van der Waals surface area contributed by atoms with Crippen LogP contribution in [0.15, 0.2) is 24.3 Å². The summed E-state index contributed by atoms with van der Waals surface area (Å²) in [4.78, 5) is 13.9. The maximum atomic E-state index is 11.7. The van der Waals surface area contributed by atoms with Gasteiger partial charge in [-0.05, 0) is 38.8 Å². The highest BCUT2D eigenvalue weighted by molar-refractivity contribution is 5.99. The molecule has 0 aromatic heterocycles. The van der Waals surface area contributed by atoms with Crippen molar-refractivity contribution < 1.29 is 9.53 Å². The molecule has 0 amide bonds. The molecule has 1 aliphatic heterocycles. The molecule has 0 spiro atoms. The minimum Gasteiger partial charge on any atom is -0.377 e. The van der Waals surface area contributed by atoms with Gasteiger partial charge in [0.2, 0.25) is 0 Å². The molecule has 0 saturated carbocycles. The van der Waals surface area contributed by atoms with Gasteiger partial charge in [0.1, 0.15) is 0 Å². The van der Waals surface area contributed by atoms with E-state index in [0.29, 0.717) is 6.10 Å². The summed E-state index contributed by atoms with van der Waals surface area (Å²) in [7, 11) is 0. The average molecular weight is 247 g/mol. The van der Waals surface area contributed by atoms with Crippen LogP contribution >= 0.6 is 0 Å². The van der Waals surface area contributed by atoms with Gasteiger partial charge in [-0.2, -0.15) is 0 Å². The van der Waals surface area contributed by atoms with Crippen LogP contribution in [-0.4, -0.2) is 31.6 Å². The van der Waals surface area contributed by atoms with Crippen LogP contribution in [0.5, 0.6) is 0 Å². The van der Waals surface area contributed by atoms with E-state index in [4.69, 9.17) is 4.74 Å². The Bertz CT molecular complexity index is 415. The second-order valence-electron chi connectivity index (χ2n) is 4.74. The predicted molar refractivity (Wildman–Crippen MR) is 73.3 cm³/mol. The van der Waals surface area contributed by atoms with E-state index in [1.807, 2.05) is 31.2 Å². The molecule has 1 fully saturated rings. The molecule has 1 aromatic carbocycles. The molecule has 1 aliphatic rings. The molecule has 3 heteroatoms. The van der Waals surface area contributed by atoms with Crippen molar-refractivity contribution >= 4 is 11.5 Å². The van der Waals surface area contributed by atoms with E-state index >= 15 is 0 Å². The number of Topliss-reactive ketones (excluding diaryl/α,β-unsaturated/α-hetero) is 1. The number of rotatable bonds is 4. The van der Waals surface area contributed by atoms with Crippen molar-refractivity contribution in [3.8, 4) is 0 Å². The number of carbonyl (C=O) groups is 1. The summed E-state index contributed by atoms with van der Waals surface area (Å²) in [5.74, 6) is 0.129. The number of carbonyl (C=O) groups excluding carboxylic acids is 1. The number of piperidine rings is 1. The molecule has 0 bridgehead atoms. The van der Waals surface area contributed by atoms with Gasteiger partial charge >= 0.3 is 0 Å². The van der Waals surface area contributed by atoms with Crippen molar-refractivity contribution in [2.75, 3.05) is 24.6 Å². The zero-order chi connectivity index (χ0) is 13.0. The molecular weight excluding hydrogens is 226 g/mol. The van der Waals surface area contributed by atoms with Crippen LogP contribution < -0.4 is 4.90 Å². The van der Waals surface area contributed by atoms with Gasteiger partial charge in [0.15, 0.2) is 5.78 Å². The highest BCUT2D eigenvalue weighted by atomic mass is 16.5. The summed E-state index contributed by atoms with van der Waals surface area (Å²) in [6.07, 6.45) is 2.53. The summed E-state index contributed by atoms with van der Waals surface area (Å²) in [6, 6.07) is 7.85. The molecule has 0 radical (unpaired) electrons. The van der Waals surface area contributed by atoms with Crippen molar-refractivity contribution in [2.45, 2.75) is 32.8 Å². The van der Waals surface area contributed by atoms with E-state index in [1.54, 1.807) is 6.92 Å². The molecule has 0 N–H and O–H groups in total. The van der Waals surface area contributed by atoms with Crippen LogP contribution in [0, 0.1) is 0 Å². The van der Waals surface area contributed by atoms with Crippen LogP contribution in [0.3, 0.4) is 0 Å². The molecule has 1 saturated heterocycles. The van der Waals surface area contributed by atoms with Crippen LogP contribution in [-0.2, 0) is 4.74 Å². The minimum atomic E-state index is 0.129. The molecule has 18 heavy (non-hydrogen) atoms. The van der Waals surface area contributed by atoms with Gasteiger partial charge in [-0.15, -0.1) is 0 Å². The summed E-state index contributed by atoms with van der Waals surface area (Å²) < 4.78 is 5.71. The number of benzene rings is 1. The summed E-state index contributed by atoms with van der Waals surface area (Å²) in [6.45, 7) is 6.31. The van der Waals surface area contributed by atoms with Crippen molar-refractivity contribution in [1.82, 2.24) is 0 Å². The molecular formula is C15H21NO2. The van der Waals surface area contributed by atoms with Gasteiger partial charge in [-0.3, -0.25) is 4.79 Å². The fraction of sp³-hybridized carbons (Fsp3) is 0.533. The zero-order valence-corrected chi connectivity index (χ0v) is 11.2. The first-order chi connectivity index (χ1) is 8.72. The number of anilines is 1. The molecule has 0 aliphatic carbocycles. The first-order valence-electron chi connectivity index (χ1n) is 6.69. The second kappa shape index (κ2) is 6.01. The van der Waals surface area contributed by atoms with Crippen molar-refractivity contribution in [2.24, 2.45) is 0 Å². The highest BCUT2D eigenvalue weighted by Gasteiger charge is 2.22. The quantitative estimate of drug-likeness (QED) is 0.766. The van der Waals surface area contributed by atoms with E-state index in [1.165, 1.54) is 0 Å². The van der Waals surface area contributed by atoms with Crippen molar-refractivity contribution in [3.05, 3.63) is 29.8 Å². The Morgan fingerprint density at radius 1 is 1.44 bits per heavy atom. The summed E-state index contributed by atoms with van der Waals surface area (Å²) in [5, 5.41) is 0. The largest absolute Gasteiger partial charge is 0.377 e. The van der Waals surface area contributed by atoms with E-state index in [2.05, 4.69) is 4.90 Å². The van der Waals surface area contributed by atoms with Crippen molar-refractivity contribution in [1.29, 1.82) is 0 Å². The molecule has 1 heterocycles. The summed E-state index contributed by atoms with van der Waals surface area (Å²) >= 11 is 0. The first-order valence-corrected chi connectivity index (χ1v) is 6.69. The number of hydrogen-bond donors (Lipinski definition) is 0. The number of nitrogens with zero attached hydrogens (tertiary/aromatic N) is 1. The number of ether oxygens (including phenoxy) is 1. The third kappa shape index (κ3) is 2.91. The molecule has 3 nitrogen and oxygen atoms in total.